The molecule has 118 valence electrons. The van der Waals surface area contributed by atoms with E-state index in [4.69, 9.17) is 0 Å². The molecule has 0 aliphatic heterocycles. The maximum absolute atomic E-state index is 12.0. The van der Waals surface area contributed by atoms with E-state index in [0.29, 0.717) is 10.9 Å². The molecule has 0 radical (unpaired) electrons. The van der Waals surface area contributed by atoms with Crippen LogP contribution in [0.25, 0.3) is 0 Å². The van der Waals surface area contributed by atoms with Crippen molar-refractivity contribution in [1.29, 1.82) is 0 Å². The predicted octanol–water partition coefficient (Wildman–Crippen LogP) is 2.91. The largest absolute Gasteiger partial charge is 0.335 e. The van der Waals surface area contributed by atoms with Gasteiger partial charge in [0.1, 0.15) is 0 Å². The highest BCUT2D eigenvalue weighted by Crippen LogP contribution is 2.23. The molecule has 2 rings (SSSR count). The number of carbonyl (C=O) groups is 1. The van der Waals surface area contributed by atoms with Gasteiger partial charge in [0.05, 0.1) is 5.69 Å². The quantitative estimate of drug-likeness (QED) is 0.872. The van der Waals surface area contributed by atoms with Gasteiger partial charge in [-0.05, 0) is 25.7 Å². The molecule has 1 aromatic rings. The Bertz CT molecular complexity index is 504. The Morgan fingerprint density at radius 1 is 1.48 bits per heavy atom. The van der Waals surface area contributed by atoms with Gasteiger partial charge in [-0.25, -0.2) is 9.78 Å². The van der Waals surface area contributed by atoms with E-state index in [1.54, 1.807) is 0 Å². The Balaban J connectivity index is 1.83. The maximum atomic E-state index is 12.0. The van der Waals surface area contributed by atoms with E-state index in [1.165, 1.54) is 11.3 Å². The van der Waals surface area contributed by atoms with Crippen molar-refractivity contribution >= 4 is 33.3 Å². The second kappa shape index (κ2) is 7.89. The number of anilines is 1. The van der Waals surface area contributed by atoms with Crippen molar-refractivity contribution < 1.29 is 9.00 Å². The van der Waals surface area contributed by atoms with Crippen molar-refractivity contribution in [2.24, 2.45) is 0 Å². The molecule has 3 atom stereocenters. The molecule has 0 saturated heterocycles. The first kappa shape index (κ1) is 16.4. The lowest BCUT2D eigenvalue weighted by Gasteiger charge is -2.28. The average Bonchev–Trinajstić information content (AvgIpc) is 2.94. The van der Waals surface area contributed by atoms with Crippen LogP contribution in [0.3, 0.4) is 0 Å². The van der Waals surface area contributed by atoms with Gasteiger partial charge in [-0.2, -0.15) is 0 Å². The SMILES string of the molecule is CCc1csc(NC(=O)N[C@@H]2CCC[C@@H]([S@@](=O)CC)C2)n1. The molecule has 0 unspecified atom stereocenters. The van der Waals surface area contributed by atoms with Gasteiger partial charge in [-0.1, -0.05) is 20.3 Å². The minimum Gasteiger partial charge on any atom is -0.335 e. The molecule has 7 heteroatoms. The van der Waals surface area contributed by atoms with E-state index in [-0.39, 0.29) is 17.3 Å². The zero-order chi connectivity index (χ0) is 15.2. The lowest BCUT2D eigenvalue weighted by molar-refractivity contribution is 0.244. The molecule has 2 N–H and O–H groups in total. The topological polar surface area (TPSA) is 71.1 Å². The van der Waals surface area contributed by atoms with E-state index >= 15 is 0 Å². The normalized spacial score (nSPS) is 23.5. The van der Waals surface area contributed by atoms with Gasteiger partial charge in [-0.3, -0.25) is 9.53 Å². The second-order valence-electron chi connectivity index (χ2n) is 5.25. The summed E-state index contributed by atoms with van der Waals surface area (Å²) in [7, 11) is -0.767. The zero-order valence-electron chi connectivity index (χ0n) is 12.6. The third-order valence-corrected chi connectivity index (χ3v) is 6.30. The van der Waals surface area contributed by atoms with Crippen LogP contribution >= 0.6 is 11.3 Å². The number of thiazole rings is 1. The third-order valence-electron chi connectivity index (χ3n) is 3.75. The monoisotopic (exact) mass is 329 g/mol. The van der Waals surface area contributed by atoms with Crippen LogP contribution in [0.5, 0.6) is 0 Å². The first-order valence-corrected chi connectivity index (χ1v) is 9.77. The molecule has 1 aliphatic rings. The fourth-order valence-electron chi connectivity index (χ4n) is 2.60. The number of aryl methyl sites for hydroxylation is 1. The molecule has 1 heterocycles. The Hall–Kier alpha value is -0.950. The fraction of sp³-hybridized carbons (Fsp3) is 0.714. The standard InChI is InChI=1S/C14H23N3O2S2/c1-3-10-9-20-14(16-10)17-13(18)15-11-6-5-7-12(8-11)21(19)4-2/h9,11-12H,3-8H2,1-2H3,(H2,15,16,17,18)/t11-,12-,21+/m1/s1. The second-order valence-corrected chi connectivity index (χ2v) is 8.11. The van der Waals surface area contributed by atoms with Crippen molar-refractivity contribution in [2.75, 3.05) is 11.1 Å². The number of rotatable bonds is 5. The molecule has 21 heavy (non-hydrogen) atoms. The minimum absolute atomic E-state index is 0.116. The highest BCUT2D eigenvalue weighted by molar-refractivity contribution is 7.85. The van der Waals surface area contributed by atoms with Crippen molar-refractivity contribution in [3.63, 3.8) is 0 Å². The minimum atomic E-state index is -0.767. The lowest BCUT2D eigenvalue weighted by Crippen LogP contribution is -2.42. The van der Waals surface area contributed by atoms with Gasteiger partial charge >= 0.3 is 6.03 Å². The molecular formula is C14H23N3O2S2. The summed E-state index contributed by atoms with van der Waals surface area (Å²) in [5.41, 5.74) is 0.992. The van der Waals surface area contributed by atoms with Crippen molar-refractivity contribution in [3.05, 3.63) is 11.1 Å². The predicted molar refractivity (Wildman–Crippen MR) is 88.4 cm³/mol. The fourth-order valence-corrected chi connectivity index (χ4v) is 4.73. The van der Waals surface area contributed by atoms with Crippen LogP contribution in [0.15, 0.2) is 5.38 Å². The van der Waals surface area contributed by atoms with E-state index in [1.807, 2.05) is 19.2 Å². The molecule has 1 aromatic heterocycles. The average molecular weight is 329 g/mol. The Labute approximate surface area is 132 Å². The van der Waals surface area contributed by atoms with Crippen molar-refractivity contribution in [1.82, 2.24) is 10.3 Å². The van der Waals surface area contributed by atoms with Crippen LogP contribution < -0.4 is 10.6 Å². The summed E-state index contributed by atoms with van der Waals surface area (Å²) in [4.78, 5) is 16.3. The molecule has 1 saturated carbocycles. The van der Waals surface area contributed by atoms with E-state index in [9.17, 15) is 9.00 Å². The van der Waals surface area contributed by atoms with Crippen molar-refractivity contribution in [3.8, 4) is 0 Å². The molecular weight excluding hydrogens is 306 g/mol. The number of hydrogen-bond acceptors (Lipinski definition) is 4. The molecule has 2 amide bonds. The van der Waals surface area contributed by atoms with Gasteiger partial charge < -0.3 is 5.32 Å². The van der Waals surface area contributed by atoms with Crippen LogP contribution in [0.4, 0.5) is 9.93 Å². The first-order chi connectivity index (χ1) is 10.1. The molecule has 0 aromatic carbocycles. The molecule has 1 aliphatic carbocycles. The van der Waals surface area contributed by atoms with Crippen LogP contribution in [-0.2, 0) is 17.2 Å². The van der Waals surface area contributed by atoms with Crippen LogP contribution in [0, 0.1) is 0 Å². The smallest absolute Gasteiger partial charge is 0.321 e. The summed E-state index contributed by atoms with van der Waals surface area (Å²) >= 11 is 1.44. The maximum Gasteiger partial charge on any atom is 0.321 e. The molecule has 0 spiro atoms. The van der Waals surface area contributed by atoms with Gasteiger partial charge in [-0.15, -0.1) is 11.3 Å². The Morgan fingerprint density at radius 2 is 2.29 bits per heavy atom. The summed E-state index contributed by atoms with van der Waals surface area (Å²) in [6.07, 6.45) is 4.67. The van der Waals surface area contributed by atoms with Gasteiger partial charge in [0.15, 0.2) is 5.13 Å². The summed E-state index contributed by atoms with van der Waals surface area (Å²) < 4.78 is 11.9. The van der Waals surface area contributed by atoms with Crippen LogP contribution in [0.2, 0.25) is 0 Å². The summed E-state index contributed by atoms with van der Waals surface area (Å²) in [5, 5.41) is 8.58. The lowest BCUT2D eigenvalue weighted by atomic mass is 9.95. The molecule has 0 bridgehead atoms. The van der Waals surface area contributed by atoms with E-state index < -0.39 is 10.8 Å². The van der Waals surface area contributed by atoms with Crippen molar-refractivity contribution in [2.45, 2.75) is 57.2 Å². The number of urea groups is 1. The van der Waals surface area contributed by atoms with Gasteiger partial charge in [0.2, 0.25) is 0 Å². The molecule has 5 nitrogen and oxygen atoms in total. The Morgan fingerprint density at radius 3 is 2.95 bits per heavy atom. The molecule has 1 fully saturated rings. The van der Waals surface area contributed by atoms with E-state index in [0.717, 1.165) is 37.8 Å². The van der Waals surface area contributed by atoms with Gasteiger partial charge in [0.25, 0.3) is 0 Å². The zero-order valence-corrected chi connectivity index (χ0v) is 14.2. The number of nitrogens with one attached hydrogen (secondary N) is 2. The number of amides is 2. The van der Waals surface area contributed by atoms with Crippen LogP contribution in [-0.4, -0.2) is 32.3 Å². The van der Waals surface area contributed by atoms with Gasteiger partial charge in [0, 0.05) is 33.2 Å². The van der Waals surface area contributed by atoms with E-state index in [2.05, 4.69) is 15.6 Å². The number of hydrogen-bond donors (Lipinski definition) is 2. The van der Waals surface area contributed by atoms with Crippen LogP contribution in [0.1, 0.15) is 45.2 Å². The first-order valence-electron chi connectivity index (χ1n) is 7.51. The Kier molecular flexibility index (Phi) is 6.17. The summed E-state index contributed by atoms with van der Waals surface area (Å²) in [6, 6.07) is -0.0928. The summed E-state index contributed by atoms with van der Waals surface area (Å²) in [6.45, 7) is 3.99. The number of nitrogens with zero attached hydrogens (tertiary/aromatic N) is 1. The third kappa shape index (κ3) is 4.78. The summed E-state index contributed by atoms with van der Waals surface area (Å²) in [5.74, 6) is 0.697. The number of aromatic nitrogens is 1. The number of carbonyl (C=O) groups excluding carboxylic acids is 1. The highest BCUT2D eigenvalue weighted by Gasteiger charge is 2.26. The highest BCUT2D eigenvalue weighted by atomic mass is 32.2.